The number of carbonyl (C=O) groups is 2. The first kappa shape index (κ1) is 19.6. The highest BCUT2D eigenvalue weighted by molar-refractivity contribution is 6.42. The van der Waals surface area contributed by atoms with Gasteiger partial charge in [0.1, 0.15) is 5.75 Å². The molecule has 0 fully saturated rings. The van der Waals surface area contributed by atoms with Crippen LogP contribution >= 0.6 is 23.2 Å². The quantitative estimate of drug-likeness (QED) is 0.688. The van der Waals surface area contributed by atoms with Gasteiger partial charge in [0.25, 0.3) is 5.91 Å². The summed E-state index contributed by atoms with van der Waals surface area (Å²) < 4.78 is 5.32. The van der Waals surface area contributed by atoms with E-state index in [0.29, 0.717) is 48.3 Å². The molecular formula is C16H22Cl2N2O3. The Morgan fingerprint density at radius 3 is 2.48 bits per heavy atom. The minimum Gasteiger partial charge on any atom is -0.484 e. The number of hydrogen-bond donors (Lipinski definition) is 1. The lowest BCUT2D eigenvalue weighted by molar-refractivity contribution is -0.131. The molecule has 0 heterocycles. The molecule has 0 spiro atoms. The van der Waals surface area contributed by atoms with Crippen molar-refractivity contribution < 1.29 is 14.3 Å². The van der Waals surface area contributed by atoms with Gasteiger partial charge in [0, 0.05) is 32.1 Å². The van der Waals surface area contributed by atoms with E-state index in [1.54, 1.807) is 23.1 Å². The zero-order valence-electron chi connectivity index (χ0n) is 13.4. The lowest BCUT2D eigenvalue weighted by Crippen LogP contribution is -2.33. The fourth-order valence-corrected chi connectivity index (χ4v) is 2.26. The van der Waals surface area contributed by atoms with Gasteiger partial charge >= 0.3 is 0 Å². The van der Waals surface area contributed by atoms with Gasteiger partial charge in [-0.3, -0.25) is 9.59 Å². The molecule has 7 heteroatoms. The molecule has 2 amide bonds. The minimum absolute atomic E-state index is 0.108. The number of nitrogens with one attached hydrogen (secondary N) is 1. The number of carbonyl (C=O) groups excluding carboxylic acids is 2. The Bertz CT molecular complexity index is 534. The van der Waals surface area contributed by atoms with E-state index in [1.807, 2.05) is 13.8 Å². The van der Waals surface area contributed by atoms with E-state index in [4.69, 9.17) is 27.9 Å². The molecule has 0 atom stereocenters. The number of benzene rings is 1. The molecule has 0 saturated heterocycles. The van der Waals surface area contributed by atoms with E-state index in [0.717, 1.165) is 0 Å². The Morgan fingerprint density at radius 1 is 1.17 bits per heavy atom. The fourth-order valence-electron chi connectivity index (χ4n) is 1.97. The molecular weight excluding hydrogens is 339 g/mol. The Labute approximate surface area is 146 Å². The first-order valence-electron chi connectivity index (χ1n) is 7.60. The summed E-state index contributed by atoms with van der Waals surface area (Å²) in [4.78, 5) is 25.2. The van der Waals surface area contributed by atoms with Crippen molar-refractivity contribution in [1.82, 2.24) is 10.2 Å². The van der Waals surface area contributed by atoms with Crippen LogP contribution in [-0.4, -0.2) is 43.0 Å². The molecule has 0 aliphatic carbocycles. The SMILES string of the molecule is CCN(CC)C(=O)CCCNC(=O)COc1ccc(Cl)c(Cl)c1. The average molecular weight is 361 g/mol. The van der Waals surface area contributed by atoms with Crippen molar-refractivity contribution in [3.63, 3.8) is 0 Å². The van der Waals surface area contributed by atoms with Crippen molar-refractivity contribution in [2.75, 3.05) is 26.2 Å². The monoisotopic (exact) mass is 360 g/mol. The first-order chi connectivity index (χ1) is 11.0. The van der Waals surface area contributed by atoms with Gasteiger partial charge in [-0.1, -0.05) is 23.2 Å². The van der Waals surface area contributed by atoms with Crippen molar-refractivity contribution in [2.24, 2.45) is 0 Å². The van der Waals surface area contributed by atoms with Crippen LogP contribution in [0.4, 0.5) is 0 Å². The fraction of sp³-hybridized carbons (Fsp3) is 0.500. The summed E-state index contributed by atoms with van der Waals surface area (Å²) in [5.41, 5.74) is 0. The van der Waals surface area contributed by atoms with Crippen LogP contribution in [0.5, 0.6) is 5.75 Å². The van der Waals surface area contributed by atoms with Crippen molar-refractivity contribution in [3.05, 3.63) is 28.2 Å². The number of halogens is 2. The summed E-state index contributed by atoms with van der Waals surface area (Å²) in [6.07, 6.45) is 1.03. The van der Waals surface area contributed by atoms with E-state index in [9.17, 15) is 9.59 Å². The molecule has 1 rings (SSSR count). The second-order valence-electron chi connectivity index (χ2n) is 4.88. The molecule has 0 saturated carbocycles. The summed E-state index contributed by atoms with van der Waals surface area (Å²) >= 11 is 11.7. The zero-order chi connectivity index (χ0) is 17.2. The third kappa shape index (κ3) is 7.10. The summed E-state index contributed by atoms with van der Waals surface area (Å²) in [7, 11) is 0. The van der Waals surface area contributed by atoms with Crippen LogP contribution in [0.3, 0.4) is 0 Å². The first-order valence-corrected chi connectivity index (χ1v) is 8.35. The smallest absolute Gasteiger partial charge is 0.257 e. The topological polar surface area (TPSA) is 58.6 Å². The van der Waals surface area contributed by atoms with E-state index in [2.05, 4.69) is 5.32 Å². The molecule has 23 heavy (non-hydrogen) atoms. The normalized spacial score (nSPS) is 10.3. The molecule has 0 aliphatic heterocycles. The molecule has 0 aromatic heterocycles. The minimum atomic E-state index is -0.244. The van der Waals surface area contributed by atoms with Crippen LogP contribution in [0, 0.1) is 0 Å². The number of rotatable bonds is 9. The van der Waals surface area contributed by atoms with Gasteiger partial charge in [-0.15, -0.1) is 0 Å². The maximum absolute atomic E-state index is 11.8. The lowest BCUT2D eigenvalue weighted by atomic mass is 10.2. The number of hydrogen-bond acceptors (Lipinski definition) is 3. The van der Waals surface area contributed by atoms with Gasteiger partial charge in [0.15, 0.2) is 6.61 Å². The Morgan fingerprint density at radius 2 is 1.87 bits per heavy atom. The van der Waals surface area contributed by atoms with Crippen molar-refractivity contribution in [2.45, 2.75) is 26.7 Å². The van der Waals surface area contributed by atoms with Crippen LogP contribution in [0.25, 0.3) is 0 Å². The lowest BCUT2D eigenvalue weighted by Gasteiger charge is -2.18. The van der Waals surface area contributed by atoms with Crippen molar-refractivity contribution in [3.8, 4) is 5.75 Å². The summed E-state index contributed by atoms with van der Waals surface area (Å²) in [5, 5.41) is 3.52. The van der Waals surface area contributed by atoms with Crippen LogP contribution in [0.2, 0.25) is 10.0 Å². The van der Waals surface area contributed by atoms with Gasteiger partial charge in [-0.05, 0) is 32.4 Å². The predicted octanol–water partition coefficient (Wildman–Crippen LogP) is 3.14. The van der Waals surface area contributed by atoms with Gasteiger partial charge in [0.2, 0.25) is 5.91 Å². The molecule has 0 aliphatic rings. The Balaban J connectivity index is 2.22. The highest BCUT2D eigenvalue weighted by atomic mass is 35.5. The molecule has 1 N–H and O–H groups in total. The number of amides is 2. The third-order valence-corrected chi connectivity index (χ3v) is 4.01. The maximum atomic E-state index is 11.8. The van der Waals surface area contributed by atoms with Crippen molar-refractivity contribution in [1.29, 1.82) is 0 Å². The van der Waals surface area contributed by atoms with E-state index in [-0.39, 0.29) is 18.4 Å². The summed E-state index contributed by atoms with van der Waals surface area (Å²) in [6, 6.07) is 4.81. The van der Waals surface area contributed by atoms with Crippen LogP contribution < -0.4 is 10.1 Å². The molecule has 1 aromatic rings. The van der Waals surface area contributed by atoms with Gasteiger partial charge in [-0.25, -0.2) is 0 Å². The van der Waals surface area contributed by atoms with Gasteiger partial charge in [0.05, 0.1) is 10.0 Å². The molecule has 5 nitrogen and oxygen atoms in total. The predicted molar refractivity (Wildman–Crippen MR) is 92.1 cm³/mol. The van der Waals surface area contributed by atoms with Crippen LogP contribution in [0.15, 0.2) is 18.2 Å². The van der Waals surface area contributed by atoms with Crippen molar-refractivity contribution >= 4 is 35.0 Å². The maximum Gasteiger partial charge on any atom is 0.257 e. The molecule has 0 bridgehead atoms. The Hall–Kier alpha value is -1.46. The van der Waals surface area contributed by atoms with E-state index >= 15 is 0 Å². The second-order valence-corrected chi connectivity index (χ2v) is 5.70. The Kier molecular flexibility index (Phi) is 8.81. The molecule has 0 unspecified atom stereocenters. The highest BCUT2D eigenvalue weighted by Gasteiger charge is 2.09. The average Bonchev–Trinajstić information content (AvgIpc) is 2.54. The third-order valence-electron chi connectivity index (χ3n) is 3.27. The largest absolute Gasteiger partial charge is 0.484 e. The van der Waals surface area contributed by atoms with Gasteiger partial charge in [-0.2, -0.15) is 0 Å². The highest BCUT2D eigenvalue weighted by Crippen LogP contribution is 2.26. The summed E-state index contributed by atoms with van der Waals surface area (Å²) in [5.74, 6) is 0.342. The standard InChI is InChI=1S/C16H22Cl2N2O3/c1-3-20(4-2)16(22)6-5-9-19-15(21)11-23-12-7-8-13(17)14(18)10-12/h7-8,10H,3-6,9,11H2,1-2H3,(H,19,21). The van der Waals surface area contributed by atoms with Gasteiger partial charge < -0.3 is 15.0 Å². The molecule has 128 valence electrons. The van der Waals surface area contributed by atoms with E-state index < -0.39 is 0 Å². The second kappa shape index (κ2) is 10.3. The zero-order valence-corrected chi connectivity index (χ0v) is 14.9. The number of ether oxygens (including phenoxy) is 1. The van der Waals surface area contributed by atoms with E-state index in [1.165, 1.54) is 0 Å². The summed E-state index contributed by atoms with van der Waals surface area (Å²) in [6.45, 7) is 5.64. The number of nitrogens with zero attached hydrogens (tertiary/aromatic N) is 1. The van der Waals surface area contributed by atoms with Crippen LogP contribution in [-0.2, 0) is 9.59 Å². The molecule has 0 radical (unpaired) electrons. The molecule has 1 aromatic carbocycles. The van der Waals surface area contributed by atoms with Crippen LogP contribution in [0.1, 0.15) is 26.7 Å².